The second-order valence-electron chi connectivity index (χ2n) is 7.53. The fourth-order valence-corrected chi connectivity index (χ4v) is 4.25. The lowest BCUT2D eigenvalue weighted by atomic mass is 10.1. The predicted octanol–water partition coefficient (Wildman–Crippen LogP) is 3.94. The van der Waals surface area contributed by atoms with Crippen LogP contribution < -0.4 is 4.74 Å². The van der Waals surface area contributed by atoms with Crippen LogP contribution in [0.15, 0.2) is 42.5 Å². The highest BCUT2D eigenvalue weighted by molar-refractivity contribution is 6.30. The minimum atomic E-state index is -0.205. The lowest BCUT2D eigenvalue weighted by Gasteiger charge is -2.35. The molecule has 4 rings (SSSR count). The molecular formula is C22H24ClFN2O2. The number of carbonyl (C=O) groups is 1. The molecule has 2 aromatic carbocycles. The summed E-state index contributed by atoms with van der Waals surface area (Å²) in [5, 5.41) is 0.692. The number of hydrogen-bond acceptors (Lipinski definition) is 3. The maximum atomic E-state index is 14.0. The van der Waals surface area contributed by atoms with E-state index in [4.69, 9.17) is 16.3 Å². The maximum absolute atomic E-state index is 14.0. The lowest BCUT2D eigenvalue weighted by molar-refractivity contribution is -0.134. The molecule has 0 aromatic heterocycles. The number of halogens is 2. The predicted molar refractivity (Wildman–Crippen MR) is 107 cm³/mol. The topological polar surface area (TPSA) is 32.8 Å². The molecule has 0 bridgehead atoms. The summed E-state index contributed by atoms with van der Waals surface area (Å²) >= 11 is 6.12. The van der Waals surface area contributed by atoms with Crippen molar-refractivity contribution in [2.45, 2.75) is 18.9 Å². The van der Waals surface area contributed by atoms with Crippen LogP contribution in [-0.4, -0.2) is 49.0 Å². The van der Waals surface area contributed by atoms with E-state index in [1.54, 1.807) is 19.2 Å². The summed E-state index contributed by atoms with van der Waals surface area (Å²) in [5.41, 5.74) is 1.73. The highest BCUT2D eigenvalue weighted by atomic mass is 35.5. The quantitative estimate of drug-likeness (QED) is 0.759. The van der Waals surface area contributed by atoms with Crippen LogP contribution in [0.3, 0.4) is 0 Å². The molecule has 1 amide bonds. The molecule has 2 atom stereocenters. The van der Waals surface area contributed by atoms with Crippen LogP contribution >= 0.6 is 11.6 Å². The average molecular weight is 403 g/mol. The Hall–Kier alpha value is -2.11. The Balaban J connectivity index is 1.32. The lowest BCUT2D eigenvalue weighted by Crippen LogP contribution is -2.48. The van der Waals surface area contributed by atoms with E-state index in [2.05, 4.69) is 4.90 Å². The number of carbonyl (C=O) groups excluding carboxylic acids is 1. The minimum absolute atomic E-state index is 0.0300. The second-order valence-corrected chi connectivity index (χ2v) is 7.96. The molecule has 0 N–H and O–H groups in total. The van der Waals surface area contributed by atoms with Gasteiger partial charge in [-0.05, 0) is 42.2 Å². The second kappa shape index (κ2) is 8.10. The van der Waals surface area contributed by atoms with Gasteiger partial charge in [-0.2, -0.15) is 0 Å². The van der Waals surface area contributed by atoms with Gasteiger partial charge in [0, 0.05) is 49.2 Å². The molecule has 1 heterocycles. The van der Waals surface area contributed by atoms with Crippen molar-refractivity contribution in [1.29, 1.82) is 0 Å². The van der Waals surface area contributed by atoms with Gasteiger partial charge in [0.05, 0.1) is 7.11 Å². The highest BCUT2D eigenvalue weighted by Crippen LogP contribution is 2.49. The van der Waals surface area contributed by atoms with E-state index in [-0.39, 0.29) is 23.6 Å². The third kappa shape index (κ3) is 4.01. The van der Waals surface area contributed by atoms with Crippen LogP contribution in [0.1, 0.15) is 23.5 Å². The molecule has 2 unspecified atom stereocenters. The van der Waals surface area contributed by atoms with Crippen molar-refractivity contribution in [3.05, 3.63) is 64.4 Å². The molecule has 0 radical (unpaired) electrons. The van der Waals surface area contributed by atoms with Crippen LogP contribution in [0.4, 0.5) is 4.39 Å². The Morgan fingerprint density at radius 1 is 1.18 bits per heavy atom. The number of nitrogens with zero attached hydrogens (tertiary/aromatic N) is 2. The van der Waals surface area contributed by atoms with Crippen molar-refractivity contribution in [2.75, 3.05) is 33.3 Å². The SMILES string of the molecule is COc1ccc(Cl)cc1CN1CCN(C(=O)C2CC2c2ccccc2F)CC1. The number of ether oxygens (including phenoxy) is 1. The Morgan fingerprint density at radius 2 is 1.93 bits per heavy atom. The van der Waals surface area contributed by atoms with Gasteiger partial charge in [0.15, 0.2) is 0 Å². The van der Waals surface area contributed by atoms with Gasteiger partial charge in [0.2, 0.25) is 5.91 Å². The number of benzene rings is 2. The molecule has 1 saturated carbocycles. The fourth-order valence-electron chi connectivity index (χ4n) is 4.06. The van der Waals surface area contributed by atoms with Crippen molar-refractivity contribution in [3.8, 4) is 5.75 Å². The van der Waals surface area contributed by atoms with Crippen molar-refractivity contribution in [1.82, 2.24) is 9.80 Å². The average Bonchev–Trinajstić information content (AvgIpc) is 3.49. The molecule has 0 spiro atoms. The molecule has 2 fully saturated rings. The van der Waals surface area contributed by atoms with E-state index in [9.17, 15) is 9.18 Å². The monoisotopic (exact) mass is 402 g/mol. The normalized spacial score (nSPS) is 22.2. The smallest absolute Gasteiger partial charge is 0.226 e. The van der Waals surface area contributed by atoms with Gasteiger partial charge >= 0.3 is 0 Å². The molecule has 2 aliphatic rings. The zero-order chi connectivity index (χ0) is 19.7. The van der Waals surface area contributed by atoms with Crippen molar-refractivity contribution in [2.24, 2.45) is 5.92 Å². The van der Waals surface area contributed by atoms with Gasteiger partial charge in [-0.1, -0.05) is 29.8 Å². The first-order chi connectivity index (χ1) is 13.6. The van der Waals surface area contributed by atoms with E-state index >= 15 is 0 Å². The Labute approximate surface area is 169 Å². The molecule has 148 valence electrons. The minimum Gasteiger partial charge on any atom is -0.496 e. The van der Waals surface area contributed by atoms with Gasteiger partial charge in [0.1, 0.15) is 11.6 Å². The molecule has 1 aliphatic carbocycles. The number of rotatable bonds is 5. The third-order valence-electron chi connectivity index (χ3n) is 5.73. The summed E-state index contributed by atoms with van der Waals surface area (Å²) in [7, 11) is 1.66. The van der Waals surface area contributed by atoms with Crippen molar-refractivity contribution in [3.63, 3.8) is 0 Å². The van der Waals surface area contributed by atoms with E-state index in [0.717, 1.165) is 37.4 Å². The number of amides is 1. The molecule has 4 nitrogen and oxygen atoms in total. The Morgan fingerprint density at radius 3 is 2.64 bits per heavy atom. The van der Waals surface area contributed by atoms with Gasteiger partial charge in [-0.15, -0.1) is 0 Å². The Kier molecular flexibility index (Phi) is 5.56. The first-order valence-electron chi connectivity index (χ1n) is 9.65. The fraction of sp³-hybridized carbons (Fsp3) is 0.409. The van der Waals surface area contributed by atoms with E-state index in [1.807, 2.05) is 29.2 Å². The number of hydrogen-bond donors (Lipinski definition) is 0. The van der Waals surface area contributed by atoms with Crippen molar-refractivity contribution >= 4 is 17.5 Å². The summed E-state index contributed by atoms with van der Waals surface area (Å²) in [6, 6.07) is 12.4. The van der Waals surface area contributed by atoms with Gasteiger partial charge in [-0.25, -0.2) is 4.39 Å². The molecule has 1 saturated heterocycles. The molecule has 6 heteroatoms. The number of piperazine rings is 1. The number of methoxy groups -OCH3 is 1. The van der Waals surface area contributed by atoms with Crippen LogP contribution in [0.25, 0.3) is 0 Å². The molecule has 1 aliphatic heterocycles. The first-order valence-corrected chi connectivity index (χ1v) is 10.0. The maximum Gasteiger partial charge on any atom is 0.226 e. The van der Waals surface area contributed by atoms with E-state index in [1.165, 1.54) is 6.07 Å². The van der Waals surface area contributed by atoms with Gasteiger partial charge < -0.3 is 9.64 Å². The largest absolute Gasteiger partial charge is 0.496 e. The summed E-state index contributed by atoms with van der Waals surface area (Å²) < 4.78 is 19.4. The highest BCUT2D eigenvalue weighted by Gasteiger charge is 2.47. The standard InChI is InChI=1S/C22H24ClFN2O2/c1-28-21-7-6-16(23)12-15(21)14-25-8-10-26(11-9-25)22(27)19-13-18(19)17-4-2-3-5-20(17)24/h2-7,12,18-19H,8-11,13-14H2,1H3. The Bertz CT molecular complexity index is 867. The summed E-state index contributed by atoms with van der Waals surface area (Å²) in [6.45, 7) is 3.74. The molecule has 2 aromatic rings. The van der Waals surface area contributed by atoms with Crippen LogP contribution in [-0.2, 0) is 11.3 Å². The van der Waals surface area contributed by atoms with Crippen LogP contribution in [0, 0.1) is 11.7 Å². The summed E-state index contributed by atoms with van der Waals surface area (Å²) in [4.78, 5) is 17.0. The van der Waals surface area contributed by atoms with Gasteiger partial charge in [-0.3, -0.25) is 9.69 Å². The van der Waals surface area contributed by atoms with Crippen LogP contribution in [0.2, 0.25) is 5.02 Å². The third-order valence-corrected chi connectivity index (χ3v) is 5.97. The zero-order valence-electron chi connectivity index (χ0n) is 15.9. The molecular weight excluding hydrogens is 379 g/mol. The summed E-state index contributed by atoms with van der Waals surface area (Å²) in [5.74, 6) is 0.740. The van der Waals surface area contributed by atoms with E-state index in [0.29, 0.717) is 23.7 Å². The van der Waals surface area contributed by atoms with E-state index < -0.39 is 0 Å². The molecule has 28 heavy (non-hydrogen) atoms. The van der Waals surface area contributed by atoms with Crippen molar-refractivity contribution < 1.29 is 13.9 Å². The summed E-state index contributed by atoms with van der Waals surface area (Å²) in [6.07, 6.45) is 0.750. The van der Waals surface area contributed by atoms with Gasteiger partial charge in [0.25, 0.3) is 0 Å². The van der Waals surface area contributed by atoms with Crippen LogP contribution in [0.5, 0.6) is 5.75 Å². The first kappa shape index (κ1) is 19.2. The zero-order valence-corrected chi connectivity index (χ0v) is 16.7.